The van der Waals surface area contributed by atoms with E-state index in [1.165, 1.54) is 16.4 Å². The number of nitrogens with one attached hydrogen (secondary N) is 1. The number of hydrogen-bond acceptors (Lipinski definition) is 10. The van der Waals surface area contributed by atoms with Crippen molar-refractivity contribution in [2.24, 2.45) is 7.05 Å². The quantitative estimate of drug-likeness (QED) is 0.115. The number of pyridine rings is 2. The van der Waals surface area contributed by atoms with Gasteiger partial charge in [-0.05, 0) is 87.0 Å². The van der Waals surface area contributed by atoms with Gasteiger partial charge >= 0.3 is 0 Å². The van der Waals surface area contributed by atoms with Crippen LogP contribution in [0.1, 0.15) is 78.5 Å². The highest BCUT2D eigenvalue weighted by Gasteiger charge is 2.44. The van der Waals surface area contributed by atoms with Gasteiger partial charge in [-0.1, -0.05) is 12.1 Å². The molecule has 1 unspecified atom stereocenters. The van der Waals surface area contributed by atoms with Gasteiger partial charge in [0.2, 0.25) is 17.7 Å². The predicted octanol–water partition coefficient (Wildman–Crippen LogP) is 5.83. The van der Waals surface area contributed by atoms with Gasteiger partial charge in [0, 0.05) is 85.9 Å². The Morgan fingerprint density at radius 2 is 1.60 bits per heavy atom. The topological polar surface area (TPSA) is 145 Å². The highest BCUT2D eigenvalue weighted by molar-refractivity contribution is 6.23. The van der Waals surface area contributed by atoms with Crippen molar-refractivity contribution in [2.45, 2.75) is 82.1 Å². The summed E-state index contributed by atoms with van der Waals surface area (Å²) in [6.07, 6.45) is 13.3. The normalized spacial score (nSPS) is 21.6. The van der Waals surface area contributed by atoms with Crippen LogP contribution < -0.4 is 14.8 Å². The SMILES string of the molecule is Cn1c2ccncc2c2ccc(-c3ccc(OC4CC(OC5CCN(CCCCCOc6ccc7c(c6)C(=O)N(C6CCC(=O)NC6=O)C7=O)CC5)C4)nc3)cc21. The molecule has 3 aromatic heterocycles. The van der Waals surface area contributed by atoms with Gasteiger partial charge < -0.3 is 23.7 Å². The molecule has 13 nitrogen and oxygen atoms in total. The van der Waals surface area contributed by atoms with E-state index in [1.54, 1.807) is 18.2 Å². The first-order valence-corrected chi connectivity index (χ1v) is 20.1. The second-order valence-corrected chi connectivity index (χ2v) is 15.6. The fraction of sp³-hybridized carbons (Fsp3) is 0.409. The van der Waals surface area contributed by atoms with E-state index in [0.29, 0.717) is 24.3 Å². The van der Waals surface area contributed by atoms with Gasteiger partial charge in [0.25, 0.3) is 11.8 Å². The molecule has 57 heavy (non-hydrogen) atoms. The molecule has 3 aliphatic heterocycles. The molecular weight excluding hydrogens is 725 g/mol. The molecule has 4 amide bonds. The molecule has 1 aliphatic carbocycles. The first-order chi connectivity index (χ1) is 27.8. The van der Waals surface area contributed by atoms with Gasteiger partial charge in [0.15, 0.2) is 0 Å². The minimum Gasteiger partial charge on any atom is -0.494 e. The molecule has 1 saturated carbocycles. The summed E-state index contributed by atoms with van der Waals surface area (Å²) >= 11 is 0. The summed E-state index contributed by atoms with van der Waals surface area (Å²) in [6, 6.07) is 16.5. The lowest BCUT2D eigenvalue weighted by Gasteiger charge is -2.39. The zero-order valence-corrected chi connectivity index (χ0v) is 32.0. The Morgan fingerprint density at radius 1 is 0.772 bits per heavy atom. The third kappa shape index (κ3) is 7.49. The Morgan fingerprint density at radius 3 is 2.40 bits per heavy atom. The number of piperidine rings is 2. The Labute approximate surface area is 330 Å². The second kappa shape index (κ2) is 15.7. The highest BCUT2D eigenvalue weighted by atomic mass is 16.5. The minimum atomic E-state index is -0.980. The first kappa shape index (κ1) is 36.9. The summed E-state index contributed by atoms with van der Waals surface area (Å²) in [7, 11) is 2.09. The van der Waals surface area contributed by atoms with E-state index in [4.69, 9.17) is 14.2 Å². The zero-order chi connectivity index (χ0) is 39.0. The molecule has 13 heteroatoms. The summed E-state index contributed by atoms with van der Waals surface area (Å²) in [5.74, 6) is -0.901. The lowest BCUT2D eigenvalue weighted by Crippen LogP contribution is -2.54. The number of ether oxygens (including phenoxy) is 3. The molecule has 5 aromatic rings. The molecule has 0 bridgehead atoms. The zero-order valence-electron chi connectivity index (χ0n) is 32.0. The molecule has 4 aliphatic rings. The molecule has 3 fully saturated rings. The number of carbonyl (C=O) groups is 4. The molecule has 0 spiro atoms. The van der Waals surface area contributed by atoms with Crippen LogP contribution >= 0.6 is 0 Å². The van der Waals surface area contributed by atoms with E-state index < -0.39 is 29.7 Å². The number of aryl methyl sites for hydroxylation is 1. The van der Waals surface area contributed by atoms with Crippen LogP contribution in [0.4, 0.5) is 0 Å². The number of fused-ring (bicyclic) bond motifs is 4. The van der Waals surface area contributed by atoms with Crippen LogP contribution in [0.2, 0.25) is 0 Å². The van der Waals surface area contributed by atoms with Crippen molar-refractivity contribution in [2.75, 3.05) is 26.2 Å². The van der Waals surface area contributed by atoms with Crippen molar-refractivity contribution in [3.63, 3.8) is 0 Å². The number of imide groups is 2. The summed E-state index contributed by atoms with van der Waals surface area (Å²) in [4.78, 5) is 62.2. The molecule has 0 radical (unpaired) electrons. The average Bonchev–Trinajstić information content (AvgIpc) is 3.64. The van der Waals surface area contributed by atoms with Crippen molar-refractivity contribution >= 4 is 45.4 Å². The Hall–Kier alpha value is -5.66. The summed E-state index contributed by atoms with van der Waals surface area (Å²) < 4.78 is 20.8. The maximum atomic E-state index is 13.1. The van der Waals surface area contributed by atoms with Crippen molar-refractivity contribution in [1.82, 2.24) is 29.7 Å². The van der Waals surface area contributed by atoms with E-state index in [2.05, 4.69) is 56.1 Å². The van der Waals surface area contributed by atoms with E-state index >= 15 is 0 Å². The van der Waals surface area contributed by atoms with Crippen LogP contribution in [0.3, 0.4) is 0 Å². The first-order valence-electron chi connectivity index (χ1n) is 20.1. The summed E-state index contributed by atoms with van der Waals surface area (Å²) in [6.45, 7) is 3.61. The number of carbonyl (C=O) groups excluding carboxylic acids is 4. The van der Waals surface area contributed by atoms with E-state index in [1.807, 2.05) is 30.7 Å². The number of benzene rings is 2. The van der Waals surface area contributed by atoms with Gasteiger partial charge in [-0.15, -0.1) is 0 Å². The lowest BCUT2D eigenvalue weighted by molar-refractivity contribution is -0.136. The number of aromatic nitrogens is 3. The molecule has 6 heterocycles. The number of likely N-dealkylation sites (tertiary alicyclic amines) is 1. The Kier molecular flexibility index (Phi) is 10.2. The van der Waals surface area contributed by atoms with E-state index in [0.717, 1.165) is 86.0 Å². The van der Waals surface area contributed by atoms with Crippen LogP contribution in [0.15, 0.2) is 73.2 Å². The number of rotatable bonds is 13. The van der Waals surface area contributed by atoms with Crippen molar-refractivity contribution in [3.8, 4) is 22.8 Å². The molecule has 2 aromatic carbocycles. The van der Waals surface area contributed by atoms with Crippen molar-refractivity contribution < 1.29 is 33.4 Å². The summed E-state index contributed by atoms with van der Waals surface area (Å²) in [5.41, 5.74) is 4.98. The number of hydrogen-bond donors (Lipinski definition) is 1. The monoisotopic (exact) mass is 770 g/mol. The largest absolute Gasteiger partial charge is 0.494 e. The standard InChI is InChI=1S/C44H46N6O7/c1-48-37-13-16-45-26-36(37)33-8-5-27(21-39(33)48)28-6-12-41(46-25-28)57-32-22-31(23-32)56-29-14-18-49(19-15-29)17-3-2-4-20-55-30-7-9-34-35(24-30)44(54)50(43(34)53)38-10-11-40(51)47-42(38)52/h5-9,12-13,16,21,24-26,29,31-32,38H,2-4,10-11,14-15,17-20,22-23H2,1H3,(H,47,51,52). The van der Waals surface area contributed by atoms with Gasteiger partial charge in [-0.25, -0.2) is 4.98 Å². The molecular formula is C44H46N6O7. The molecule has 9 rings (SSSR count). The second-order valence-electron chi connectivity index (χ2n) is 15.6. The minimum absolute atomic E-state index is 0.0875. The van der Waals surface area contributed by atoms with Gasteiger partial charge in [0.05, 0.1) is 35.5 Å². The maximum Gasteiger partial charge on any atom is 0.262 e. The van der Waals surface area contributed by atoms with Crippen LogP contribution in [0.25, 0.3) is 32.9 Å². The predicted molar refractivity (Wildman–Crippen MR) is 212 cm³/mol. The molecule has 2 saturated heterocycles. The fourth-order valence-corrected chi connectivity index (χ4v) is 8.63. The maximum absolute atomic E-state index is 13.1. The number of nitrogens with zero attached hydrogens (tertiary/aromatic N) is 5. The molecule has 1 atom stereocenters. The third-order valence-electron chi connectivity index (χ3n) is 11.9. The smallest absolute Gasteiger partial charge is 0.262 e. The van der Waals surface area contributed by atoms with Crippen LogP contribution in [-0.4, -0.2) is 98.6 Å². The van der Waals surface area contributed by atoms with Crippen LogP contribution in [0.5, 0.6) is 11.6 Å². The van der Waals surface area contributed by atoms with Gasteiger partial charge in [0.1, 0.15) is 17.9 Å². The van der Waals surface area contributed by atoms with Crippen molar-refractivity contribution in [3.05, 3.63) is 84.3 Å². The van der Waals surface area contributed by atoms with E-state index in [9.17, 15) is 19.2 Å². The van der Waals surface area contributed by atoms with Crippen LogP contribution in [0, 0.1) is 0 Å². The average molecular weight is 771 g/mol. The Bertz CT molecular complexity index is 2340. The number of unbranched alkanes of at least 4 members (excludes halogenated alkanes) is 2. The lowest BCUT2D eigenvalue weighted by atomic mass is 9.91. The summed E-state index contributed by atoms with van der Waals surface area (Å²) in [5, 5.41) is 4.57. The van der Waals surface area contributed by atoms with Crippen LogP contribution in [-0.2, 0) is 21.4 Å². The van der Waals surface area contributed by atoms with Crippen molar-refractivity contribution in [1.29, 1.82) is 0 Å². The highest BCUT2D eigenvalue weighted by Crippen LogP contribution is 2.34. The molecule has 294 valence electrons. The molecule has 1 N–H and O–H groups in total. The fourth-order valence-electron chi connectivity index (χ4n) is 8.63. The number of amides is 4. The Balaban J connectivity index is 0.648. The van der Waals surface area contributed by atoms with Gasteiger partial charge in [-0.3, -0.25) is 34.4 Å². The third-order valence-corrected chi connectivity index (χ3v) is 11.9. The van der Waals surface area contributed by atoms with Gasteiger partial charge in [-0.2, -0.15) is 0 Å². The van der Waals surface area contributed by atoms with E-state index in [-0.39, 0.29) is 36.2 Å².